The SMILES string of the molecule is C[C@H]1O[C@@H](O[C@H]2[C@@H](O)C[C@H](O[C@H]3[C@@H](O)C[C@H](O[C@H]4CC[C@@]5(C)[C@H](CC[C@@H]6[C@@H]5C[C@@H](O)[C@]5(C)[C@@H](C7(C)COC(=O)C7)CC[C@]65O)C4)O[C@@H]3C)O[C@@H]2C)C[C@H](O)[C@@H]1O. The van der Waals surface area contributed by atoms with Crippen LogP contribution in [-0.2, 0) is 38.0 Å². The summed E-state index contributed by atoms with van der Waals surface area (Å²) in [5, 5.41) is 67.2. The summed E-state index contributed by atoms with van der Waals surface area (Å²) in [5.74, 6) is 0.465. The summed E-state index contributed by atoms with van der Waals surface area (Å²) in [6.07, 6.45) is -2.58. The zero-order valence-electron chi connectivity index (χ0n) is 34.0. The Morgan fingerprint density at radius 3 is 1.82 bits per heavy atom. The first-order chi connectivity index (χ1) is 26.4. The number of aliphatic hydroxyl groups is 6. The highest BCUT2D eigenvalue weighted by molar-refractivity contribution is 5.72. The van der Waals surface area contributed by atoms with Crippen molar-refractivity contribution in [3.8, 4) is 0 Å². The second-order valence-electron chi connectivity index (χ2n) is 20.0. The van der Waals surface area contributed by atoms with E-state index in [-0.39, 0.29) is 59.9 Å². The molecule has 8 aliphatic rings. The molecule has 0 amide bonds. The van der Waals surface area contributed by atoms with Crippen molar-refractivity contribution in [2.45, 2.75) is 210 Å². The highest BCUT2D eigenvalue weighted by atomic mass is 16.7. The number of hydrogen-bond acceptors (Lipinski definition) is 14. The third-order valence-corrected chi connectivity index (χ3v) is 16.8. The van der Waals surface area contributed by atoms with Crippen LogP contribution in [0.2, 0.25) is 0 Å². The Morgan fingerprint density at radius 2 is 1.25 bits per heavy atom. The third-order valence-electron chi connectivity index (χ3n) is 16.8. The molecule has 4 heterocycles. The molecule has 6 N–H and O–H groups in total. The second-order valence-corrected chi connectivity index (χ2v) is 20.0. The van der Waals surface area contributed by atoms with Gasteiger partial charge in [-0.1, -0.05) is 20.8 Å². The predicted molar refractivity (Wildman–Crippen MR) is 197 cm³/mol. The highest BCUT2D eigenvalue weighted by Crippen LogP contribution is 2.71. The van der Waals surface area contributed by atoms with E-state index in [9.17, 15) is 35.4 Å². The molecular formula is C42H68O14. The quantitative estimate of drug-likeness (QED) is 0.162. The van der Waals surface area contributed by atoms with E-state index in [1.165, 1.54) is 0 Å². The maximum Gasteiger partial charge on any atom is 0.306 e. The van der Waals surface area contributed by atoms with E-state index in [4.69, 9.17) is 33.2 Å². The Bertz CT molecular complexity index is 1400. The molecule has 4 saturated carbocycles. The van der Waals surface area contributed by atoms with Gasteiger partial charge in [0, 0.05) is 30.1 Å². The summed E-state index contributed by atoms with van der Waals surface area (Å²) in [6, 6.07) is 0. The van der Waals surface area contributed by atoms with Crippen molar-refractivity contribution in [3.63, 3.8) is 0 Å². The van der Waals surface area contributed by atoms with Gasteiger partial charge in [0.15, 0.2) is 18.9 Å². The lowest BCUT2D eigenvalue weighted by molar-refractivity contribution is -0.336. The molecular weight excluding hydrogens is 728 g/mol. The maximum atomic E-state index is 12.7. The molecule has 320 valence electrons. The molecule has 22 atom stereocenters. The maximum absolute atomic E-state index is 12.7. The molecule has 0 aromatic heterocycles. The Labute approximate surface area is 330 Å². The fraction of sp³-hybridized carbons (Fsp3) is 0.976. The number of carbonyl (C=O) groups excluding carboxylic acids is 1. The largest absolute Gasteiger partial charge is 0.465 e. The van der Waals surface area contributed by atoms with Crippen LogP contribution in [0.3, 0.4) is 0 Å². The molecule has 0 radical (unpaired) electrons. The summed E-state index contributed by atoms with van der Waals surface area (Å²) < 4.78 is 42.3. The molecule has 4 aliphatic heterocycles. The fourth-order valence-electron chi connectivity index (χ4n) is 13.6. The summed E-state index contributed by atoms with van der Waals surface area (Å²) in [4.78, 5) is 12.2. The predicted octanol–water partition coefficient (Wildman–Crippen LogP) is 2.69. The fourth-order valence-corrected chi connectivity index (χ4v) is 13.6. The minimum atomic E-state index is -1.00. The number of cyclic esters (lactones) is 1. The molecule has 0 bridgehead atoms. The van der Waals surface area contributed by atoms with E-state index >= 15 is 0 Å². The molecule has 4 saturated heterocycles. The van der Waals surface area contributed by atoms with Gasteiger partial charge in [-0.25, -0.2) is 0 Å². The molecule has 8 fully saturated rings. The van der Waals surface area contributed by atoms with E-state index in [0.717, 1.165) is 38.5 Å². The zero-order chi connectivity index (χ0) is 40.1. The number of hydrogen-bond donors (Lipinski definition) is 6. The average Bonchev–Trinajstić information content (AvgIpc) is 3.63. The van der Waals surface area contributed by atoms with Crippen LogP contribution < -0.4 is 0 Å². The molecule has 56 heavy (non-hydrogen) atoms. The van der Waals surface area contributed by atoms with Gasteiger partial charge in [-0.05, 0) is 101 Å². The van der Waals surface area contributed by atoms with Gasteiger partial charge in [0.1, 0.15) is 18.3 Å². The summed E-state index contributed by atoms with van der Waals surface area (Å²) in [7, 11) is 0. The van der Waals surface area contributed by atoms with Crippen molar-refractivity contribution in [2.24, 2.45) is 39.9 Å². The van der Waals surface area contributed by atoms with Crippen LogP contribution in [-0.4, -0.2) is 135 Å². The number of rotatable bonds is 7. The van der Waals surface area contributed by atoms with E-state index in [1.54, 1.807) is 13.8 Å². The van der Waals surface area contributed by atoms with Crippen LogP contribution in [0.4, 0.5) is 0 Å². The molecule has 14 heteroatoms. The first-order valence-corrected chi connectivity index (χ1v) is 21.6. The van der Waals surface area contributed by atoms with E-state index in [1.807, 2.05) is 6.92 Å². The van der Waals surface area contributed by atoms with Crippen molar-refractivity contribution in [1.82, 2.24) is 0 Å². The van der Waals surface area contributed by atoms with Crippen LogP contribution in [0, 0.1) is 39.9 Å². The lowest BCUT2D eigenvalue weighted by Crippen LogP contribution is -2.68. The smallest absolute Gasteiger partial charge is 0.306 e. The molecule has 1 unspecified atom stereocenters. The average molecular weight is 797 g/mol. The normalized spacial score (nSPS) is 57.5. The van der Waals surface area contributed by atoms with Gasteiger partial charge in [-0.3, -0.25) is 4.79 Å². The van der Waals surface area contributed by atoms with Gasteiger partial charge >= 0.3 is 5.97 Å². The van der Waals surface area contributed by atoms with Gasteiger partial charge < -0.3 is 63.8 Å². The van der Waals surface area contributed by atoms with Crippen LogP contribution in [0.1, 0.15) is 119 Å². The summed E-state index contributed by atoms with van der Waals surface area (Å²) in [6.45, 7) is 12.2. The van der Waals surface area contributed by atoms with Crippen molar-refractivity contribution >= 4 is 5.97 Å². The lowest BCUT2D eigenvalue weighted by atomic mass is 9.41. The van der Waals surface area contributed by atoms with Gasteiger partial charge in [0.2, 0.25) is 0 Å². The van der Waals surface area contributed by atoms with Crippen LogP contribution in [0.25, 0.3) is 0 Å². The van der Waals surface area contributed by atoms with Crippen molar-refractivity contribution in [3.05, 3.63) is 0 Å². The first kappa shape index (κ1) is 41.7. The number of ether oxygens (including phenoxy) is 7. The van der Waals surface area contributed by atoms with Gasteiger partial charge in [-0.2, -0.15) is 0 Å². The van der Waals surface area contributed by atoms with Crippen LogP contribution in [0.15, 0.2) is 0 Å². The van der Waals surface area contributed by atoms with Gasteiger partial charge in [0.05, 0.1) is 67.5 Å². The van der Waals surface area contributed by atoms with E-state index < -0.39 is 90.9 Å². The zero-order valence-corrected chi connectivity index (χ0v) is 34.0. The Kier molecular flexibility index (Phi) is 11.3. The molecule has 0 aromatic carbocycles. The topological polar surface area (TPSA) is 203 Å². The molecule has 0 spiro atoms. The van der Waals surface area contributed by atoms with Crippen LogP contribution in [0.5, 0.6) is 0 Å². The number of esters is 1. The molecule has 4 aliphatic carbocycles. The van der Waals surface area contributed by atoms with E-state index in [0.29, 0.717) is 31.8 Å². The van der Waals surface area contributed by atoms with Crippen LogP contribution >= 0.6 is 0 Å². The lowest BCUT2D eigenvalue weighted by Gasteiger charge is -2.65. The molecule has 0 aromatic rings. The first-order valence-electron chi connectivity index (χ1n) is 21.6. The Balaban J connectivity index is 0.840. The van der Waals surface area contributed by atoms with E-state index in [2.05, 4.69) is 20.8 Å². The summed E-state index contributed by atoms with van der Waals surface area (Å²) >= 11 is 0. The number of carbonyl (C=O) groups is 1. The van der Waals surface area contributed by atoms with Gasteiger partial charge in [0.25, 0.3) is 0 Å². The minimum absolute atomic E-state index is 0.00650. The van der Waals surface area contributed by atoms with Crippen molar-refractivity contribution in [1.29, 1.82) is 0 Å². The van der Waals surface area contributed by atoms with Gasteiger partial charge in [-0.15, -0.1) is 0 Å². The summed E-state index contributed by atoms with van der Waals surface area (Å²) in [5.41, 5.74) is -2.13. The minimum Gasteiger partial charge on any atom is -0.465 e. The third kappa shape index (κ3) is 6.91. The molecule has 8 rings (SSSR count). The van der Waals surface area contributed by atoms with Crippen molar-refractivity contribution < 1.29 is 68.6 Å². The molecule has 14 nitrogen and oxygen atoms in total. The number of aliphatic hydroxyl groups excluding tert-OH is 5. The monoisotopic (exact) mass is 796 g/mol. The Hall–Kier alpha value is -1.01. The Morgan fingerprint density at radius 1 is 0.661 bits per heavy atom. The number of fused-ring (bicyclic) bond motifs is 5. The van der Waals surface area contributed by atoms with Crippen molar-refractivity contribution in [2.75, 3.05) is 6.61 Å². The second kappa shape index (κ2) is 15.2. The standard InChI is InChI=1S/C42H68O14/c1-20-36(48)27(43)15-34(51-20)55-38-22(3)53-35(17-29(38)45)56-37-21(2)52-33(16-28(37)44)54-24-9-11-40(5)23(13-24)7-8-25-26(40)14-31(46)41(6)30(10-12-42(25,41)49)39(4)18-32(47)50-19-39/h20-31,33-38,43-46,48-49H,7-19H2,1-6H3/t20-,21-,22-,23-,24+,25-,26+,27+,28+,29+,30-,31-,33+,34+,35+,36-,37-,38-,39?,40+,41+,42+/m1/s1. The highest BCUT2D eigenvalue weighted by Gasteiger charge is 2.73.